The molecule has 0 heterocycles. The summed E-state index contributed by atoms with van der Waals surface area (Å²) in [6.07, 6.45) is 0. The Morgan fingerprint density at radius 3 is 2.55 bits per heavy atom. The minimum absolute atomic E-state index is 0.0104. The van der Waals surface area contributed by atoms with Gasteiger partial charge in [0.15, 0.2) is 0 Å². The fourth-order valence-electron chi connectivity index (χ4n) is 1.75. The van der Waals surface area contributed by atoms with Crippen molar-refractivity contribution < 1.29 is 14.8 Å². The van der Waals surface area contributed by atoms with Crippen LogP contribution in [-0.4, -0.2) is 46.3 Å². The van der Waals surface area contributed by atoms with Crippen molar-refractivity contribution in [1.29, 1.82) is 0 Å². The molecule has 1 aromatic rings. The molecule has 0 saturated carbocycles. The number of hydrogen-bond acceptors (Lipinski definition) is 5. The average Bonchev–Trinajstić information content (AvgIpc) is 2.43. The third kappa shape index (κ3) is 4.50. The van der Waals surface area contributed by atoms with E-state index >= 15 is 0 Å². The van der Waals surface area contributed by atoms with E-state index in [1.165, 1.54) is 23.9 Å². The lowest BCUT2D eigenvalue weighted by Crippen LogP contribution is -2.25. The molecule has 20 heavy (non-hydrogen) atoms. The second-order valence-electron chi connectivity index (χ2n) is 4.12. The Balaban J connectivity index is 2.79. The molecule has 0 fully saturated rings. The molecule has 0 aliphatic heterocycles. The molecule has 0 radical (unpaired) electrons. The van der Waals surface area contributed by atoms with Crippen LogP contribution in [0.4, 0.5) is 5.69 Å². The molecule has 1 N–H and O–H groups in total. The summed E-state index contributed by atoms with van der Waals surface area (Å²) in [6.45, 7) is 6.89. The van der Waals surface area contributed by atoms with E-state index in [2.05, 4.69) is 18.7 Å². The van der Waals surface area contributed by atoms with E-state index in [9.17, 15) is 14.9 Å². The van der Waals surface area contributed by atoms with E-state index in [1.54, 1.807) is 0 Å². The summed E-state index contributed by atoms with van der Waals surface area (Å²) in [4.78, 5) is 24.0. The first-order valence-electron chi connectivity index (χ1n) is 6.36. The zero-order chi connectivity index (χ0) is 15.1. The number of carbonyl (C=O) groups is 1. The standard InChI is InChI=1S/C13H18N2O4S/c1-3-14(4-2)7-8-20-12-6-5-10(15(18)19)9-11(12)13(16)17/h5-6,9H,3-4,7-8H2,1-2H3,(H,16,17). The van der Waals surface area contributed by atoms with Crippen LogP contribution in [0.15, 0.2) is 23.1 Å². The van der Waals surface area contributed by atoms with Crippen molar-refractivity contribution in [1.82, 2.24) is 4.90 Å². The molecule has 0 bridgehead atoms. The van der Waals surface area contributed by atoms with Crippen LogP contribution in [0.1, 0.15) is 24.2 Å². The van der Waals surface area contributed by atoms with Gasteiger partial charge in [0.25, 0.3) is 5.69 Å². The Kier molecular flexibility index (Phi) is 6.47. The summed E-state index contributed by atoms with van der Waals surface area (Å²) in [5.74, 6) is -0.390. The molecule has 7 heteroatoms. The van der Waals surface area contributed by atoms with Crippen LogP contribution in [0.25, 0.3) is 0 Å². The number of carboxylic acids is 1. The van der Waals surface area contributed by atoms with Gasteiger partial charge < -0.3 is 10.0 Å². The first-order valence-corrected chi connectivity index (χ1v) is 7.35. The van der Waals surface area contributed by atoms with Crippen LogP contribution >= 0.6 is 11.8 Å². The van der Waals surface area contributed by atoms with Gasteiger partial charge in [0.05, 0.1) is 10.5 Å². The highest BCUT2D eigenvalue weighted by Gasteiger charge is 2.16. The lowest BCUT2D eigenvalue weighted by Gasteiger charge is -2.17. The summed E-state index contributed by atoms with van der Waals surface area (Å²) < 4.78 is 0. The van der Waals surface area contributed by atoms with Gasteiger partial charge in [-0.1, -0.05) is 13.8 Å². The second-order valence-corrected chi connectivity index (χ2v) is 5.25. The number of carboxylic acid groups (broad SMARTS) is 1. The molecular formula is C13H18N2O4S. The molecule has 0 atom stereocenters. The number of nitro groups is 1. The van der Waals surface area contributed by atoms with E-state index in [0.717, 1.165) is 31.5 Å². The Hall–Kier alpha value is -1.60. The van der Waals surface area contributed by atoms with E-state index in [-0.39, 0.29) is 11.3 Å². The Morgan fingerprint density at radius 1 is 1.40 bits per heavy atom. The van der Waals surface area contributed by atoms with Crippen molar-refractivity contribution in [3.05, 3.63) is 33.9 Å². The maximum atomic E-state index is 11.2. The molecule has 110 valence electrons. The number of nitrogens with zero attached hydrogens (tertiary/aromatic N) is 2. The van der Waals surface area contributed by atoms with E-state index in [0.29, 0.717) is 4.90 Å². The first-order chi connectivity index (χ1) is 9.49. The number of non-ortho nitro benzene ring substituents is 1. The first kappa shape index (κ1) is 16.5. The highest BCUT2D eigenvalue weighted by molar-refractivity contribution is 7.99. The van der Waals surface area contributed by atoms with Crippen molar-refractivity contribution in [2.75, 3.05) is 25.4 Å². The normalized spacial score (nSPS) is 10.8. The van der Waals surface area contributed by atoms with E-state index in [4.69, 9.17) is 5.11 Å². The predicted molar refractivity (Wildman–Crippen MR) is 78.6 cm³/mol. The Morgan fingerprint density at radius 2 is 2.05 bits per heavy atom. The van der Waals surface area contributed by atoms with Gasteiger partial charge in [0, 0.05) is 29.3 Å². The van der Waals surface area contributed by atoms with Crippen LogP contribution < -0.4 is 0 Å². The molecule has 1 aromatic carbocycles. The summed E-state index contributed by atoms with van der Waals surface area (Å²) in [6, 6.07) is 3.96. The second kappa shape index (κ2) is 7.86. The molecule has 0 amide bonds. The lowest BCUT2D eigenvalue weighted by molar-refractivity contribution is -0.384. The Bertz CT molecular complexity index is 489. The highest BCUT2D eigenvalue weighted by atomic mass is 32.2. The van der Waals surface area contributed by atoms with E-state index < -0.39 is 10.9 Å². The Labute approximate surface area is 121 Å². The minimum Gasteiger partial charge on any atom is -0.478 e. The molecule has 0 aliphatic rings. The molecule has 0 aromatic heterocycles. The van der Waals surface area contributed by atoms with Crippen molar-refractivity contribution in [2.24, 2.45) is 0 Å². The maximum absolute atomic E-state index is 11.2. The van der Waals surface area contributed by atoms with Crippen molar-refractivity contribution in [3.63, 3.8) is 0 Å². The van der Waals surface area contributed by atoms with Gasteiger partial charge in [-0.15, -0.1) is 11.8 Å². The van der Waals surface area contributed by atoms with Crippen molar-refractivity contribution in [3.8, 4) is 0 Å². The van der Waals surface area contributed by atoms with Gasteiger partial charge in [-0.25, -0.2) is 4.79 Å². The summed E-state index contributed by atoms with van der Waals surface area (Å²) in [7, 11) is 0. The zero-order valence-electron chi connectivity index (χ0n) is 11.5. The SMILES string of the molecule is CCN(CC)CCSc1ccc([N+](=O)[O-])cc1C(=O)O. The molecule has 0 unspecified atom stereocenters. The van der Waals surface area contributed by atoms with Crippen LogP contribution in [0, 0.1) is 10.1 Å². The number of rotatable bonds is 8. The van der Waals surface area contributed by atoms with Crippen molar-refractivity contribution >= 4 is 23.4 Å². The number of hydrogen-bond donors (Lipinski definition) is 1. The minimum atomic E-state index is -1.14. The largest absolute Gasteiger partial charge is 0.478 e. The molecule has 0 saturated heterocycles. The monoisotopic (exact) mass is 298 g/mol. The van der Waals surface area contributed by atoms with Gasteiger partial charge in [-0.2, -0.15) is 0 Å². The van der Waals surface area contributed by atoms with Crippen LogP contribution in [0.3, 0.4) is 0 Å². The summed E-state index contributed by atoms with van der Waals surface area (Å²) in [5.41, 5.74) is -0.209. The van der Waals surface area contributed by atoms with Gasteiger partial charge in [-0.05, 0) is 19.2 Å². The molecule has 0 spiro atoms. The van der Waals surface area contributed by atoms with Gasteiger partial charge in [0.2, 0.25) is 0 Å². The lowest BCUT2D eigenvalue weighted by atomic mass is 10.2. The third-order valence-electron chi connectivity index (χ3n) is 2.96. The number of benzene rings is 1. The molecule has 1 rings (SSSR count). The molecular weight excluding hydrogens is 280 g/mol. The zero-order valence-corrected chi connectivity index (χ0v) is 12.4. The maximum Gasteiger partial charge on any atom is 0.337 e. The topological polar surface area (TPSA) is 83.7 Å². The smallest absolute Gasteiger partial charge is 0.337 e. The fraction of sp³-hybridized carbons (Fsp3) is 0.462. The molecule has 6 nitrogen and oxygen atoms in total. The van der Waals surface area contributed by atoms with Gasteiger partial charge >= 0.3 is 5.97 Å². The van der Waals surface area contributed by atoms with Gasteiger partial charge in [0.1, 0.15) is 0 Å². The number of nitro benzene ring substituents is 1. The number of thioether (sulfide) groups is 1. The van der Waals surface area contributed by atoms with Crippen LogP contribution in [0.5, 0.6) is 0 Å². The number of aromatic carboxylic acids is 1. The van der Waals surface area contributed by atoms with Crippen LogP contribution in [0.2, 0.25) is 0 Å². The van der Waals surface area contributed by atoms with Crippen LogP contribution in [-0.2, 0) is 0 Å². The summed E-state index contributed by atoms with van der Waals surface area (Å²) >= 11 is 1.41. The highest BCUT2D eigenvalue weighted by Crippen LogP contribution is 2.26. The molecule has 0 aliphatic carbocycles. The third-order valence-corrected chi connectivity index (χ3v) is 4.02. The van der Waals surface area contributed by atoms with E-state index in [1.807, 2.05) is 0 Å². The fourth-order valence-corrected chi connectivity index (χ4v) is 2.78. The van der Waals surface area contributed by atoms with Crippen molar-refractivity contribution in [2.45, 2.75) is 18.7 Å². The quantitative estimate of drug-likeness (QED) is 0.451. The van der Waals surface area contributed by atoms with Gasteiger partial charge in [-0.3, -0.25) is 10.1 Å². The predicted octanol–water partition coefficient (Wildman–Crippen LogP) is 2.73. The summed E-state index contributed by atoms with van der Waals surface area (Å²) in [5, 5.41) is 19.8. The average molecular weight is 298 g/mol.